The fourth-order valence-corrected chi connectivity index (χ4v) is 1.54. The summed E-state index contributed by atoms with van der Waals surface area (Å²) in [6, 6.07) is 4.66. The van der Waals surface area contributed by atoms with Crippen LogP contribution in [-0.2, 0) is 6.54 Å². The Hall–Kier alpha value is -0.930. The van der Waals surface area contributed by atoms with Gasteiger partial charge < -0.3 is 11.1 Å². The molecule has 0 bridgehead atoms. The normalized spacial score (nSPS) is 12.8. The van der Waals surface area contributed by atoms with Crippen LogP contribution in [-0.4, -0.2) is 17.6 Å². The van der Waals surface area contributed by atoms with Crippen LogP contribution in [0.2, 0.25) is 0 Å². The first kappa shape index (κ1) is 12.1. The molecule has 0 saturated carbocycles. The van der Waals surface area contributed by atoms with Crippen molar-refractivity contribution in [3.63, 3.8) is 0 Å². The van der Waals surface area contributed by atoms with Crippen LogP contribution in [0.4, 0.5) is 0 Å². The molecule has 0 aliphatic rings. The highest BCUT2D eigenvalue weighted by molar-refractivity contribution is 5.21. The number of aromatic nitrogens is 1. The molecule has 84 valence electrons. The summed E-state index contributed by atoms with van der Waals surface area (Å²) in [4.78, 5) is 4.43. The van der Waals surface area contributed by atoms with E-state index in [-0.39, 0.29) is 0 Å². The van der Waals surface area contributed by atoms with Gasteiger partial charge in [0.05, 0.1) is 0 Å². The second kappa shape index (κ2) is 5.83. The van der Waals surface area contributed by atoms with Crippen molar-refractivity contribution in [2.75, 3.05) is 6.54 Å². The van der Waals surface area contributed by atoms with Crippen LogP contribution in [0.5, 0.6) is 0 Å². The van der Waals surface area contributed by atoms with Crippen molar-refractivity contribution in [3.05, 3.63) is 29.1 Å². The van der Waals surface area contributed by atoms with Gasteiger partial charge in [0.25, 0.3) is 0 Å². The zero-order valence-electron chi connectivity index (χ0n) is 9.88. The molecule has 1 heterocycles. The van der Waals surface area contributed by atoms with Gasteiger partial charge in [0, 0.05) is 24.0 Å². The van der Waals surface area contributed by atoms with Gasteiger partial charge in [-0.2, -0.15) is 0 Å². The highest BCUT2D eigenvalue weighted by atomic mass is 14.9. The quantitative estimate of drug-likeness (QED) is 0.769. The molecule has 1 atom stereocenters. The molecule has 0 saturated heterocycles. The van der Waals surface area contributed by atoms with E-state index >= 15 is 0 Å². The number of nitrogens with two attached hydrogens (primary N) is 1. The standard InChI is InChI=1S/C12H21N3/c1-9(6-7-13)14-8-12-5-4-10(2)15-11(12)3/h4-5,9,14H,6-8,13H2,1-3H3. The summed E-state index contributed by atoms with van der Waals surface area (Å²) < 4.78 is 0. The minimum atomic E-state index is 0.468. The second-order valence-electron chi connectivity index (χ2n) is 4.06. The Kier molecular flexibility index (Phi) is 4.72. The van der Waals surface area contributed by atoms with Crippen LogP contribution in [0, 0.1) is 13.8 Å². The summed E-state index contributed by atoms with van der Waals surface area (Å²) in [5.41, 5.74) is 8.95. The zero-order valence-corrected chi connectivity index (χ0v) is 9.88. The van der Waals surface area contributed by atoms with Crippen molar-refractivity contribution >= 4 is 0 Å². The van der Waals surface area contributed by atoms with Crippen LogP contribution in [0.3, 0.4) is 0 Å². The monoisotopic (exact) mass is 207 g/mol. The van der Waals surface area contributed by atoms with E-state index < -0.39 is 0 Å². The number of nitrogens with zero attached hydrogens (tertiary/aromatic N) is 1. The van der Waals surface area contributed by atoms with Crippen molar-refractivity contribution in [2.24, 2.45) is 5.73 Å². The van der Waals surface area contributed by atoms with E-state index in [1.165, 1.54) is 5.56 Å². The third kappa shape index (κ3) is 3.98. The topological polar surface area (TPSA) is 50.9 Å². The fraction of sp³-hybridized carbons (Fsp3) is 0.583. The number of nitrogens with one attached hydrogen (secondary N) is 1. The Morgan fingerprint density at radius 3 is 2.73 bits per heavy atom. The Bertz CT molecular complexity index is 310. The summed E-state index contributed by atoms with van der Waals surface area (Å²) >= 11 is 0. The van der Waals surface area contributed by atoms with Crippen molar-refractivity contribution in [3.8, 4) is 0 Å². The zero-order chi connectivity index (χ0) is 11.3. The Labute approximate surface area is 92.1 Å². The third-order valence-corrected chi connectivity index (χ3v) is 2.58. The average molecular weight is 207 g/mol. The van der Waals surface area contributed by atoms with Crippen molar-refractivity contribution in [1.82, 2.24) is 10.3 Å². The predicted octanol–water partition coefficient (Wildman–Crippen LogP) is 1.53. The third-order valence-electron chi connectivity index (χ3n) is 2.58. The van der Waals surface area contributed by atoms with Crippen LogP contribution in [0.1, 0.15) is 30.3 Å². The van der Waals surface area contributed by atoms with E-state index in [1.807, 2.05) is 6.92 Å². The number of hydrogen-bond acceptors (Lipinski definition) is 3. The van der Waals surface area contributed by atoms with Gasteiger partial charge in [0.15, 0.2) is 0 Å². The molecule has 3 N–H and O–H groups in total. The summed E-state index contributed by atoms with van der Waals surface area (Å²) in [7, 11) is 0. The molecule has 15 heavy (non-hydrogen) atoms. The lowest BCUT2D eigenvalue weighted by atomic mass is 10.1. The summed E-state index contributed by atoms with van der Waals surface area (Å²) in [5, 5.41) is 3.44. The molecule has 1 aromatic rings. The summed E-state index contributed by atoms with van der Waals surface area (Å²) in [6.07, 6.45) is 1.01. The molecule has 0 aliphatic heterocycles. The maximum absolute atomic E-state index is 5.50. The number of pyridine rings is 1. The smallest absolute Gasteiger partial charge is 0.0420 e. The first-order valence-corrected chi connectivity index (χ1v) is 5.50. The lowest BCUT2D eigenvalue weighted by molar-refractivity contribution is 0.518. The van der Waals surface area contributed by atoms with Crippen molar-refractivity contribution < 1.29 is 0 Å². The van der Waals surface area contributed by atoms with E-state index in [9.17, 15) is 0 Å². The van der Waals surface area contributed by atoms with E-state index in [4.69, 9.17) is 5.73 Å². The molecular formula is C12H21N3. The van der Waals surface area contributed by atoms with Crippen molar-refractivity contribution in [1.29, 1.82) is 0 Å². The van der Waals surface area contributed by atoms with Gasteiger partial charge in [-0.3, -0.25) is 4.98 Å². The molecule has 3 heteroatoms. The molecule has 3 nitrogen and oxygen atoms in total. The molecule has 0 aliphatic carbocycles. The summed E-state index contributed by atoms with van der Waals surface area (Å²) in [5.74, 6) is 0. The molecule has 0 aromatic carbocycles. The minimum Gasteiger partial charge on any atom is -0.330 e. The molecule has 1 aromatic heterocycles. The fourth-order valence-electron chi connectivity index (χ4n) is 1.54. The SMILES string of the molecule is Cc1ccc(CNC(C)CCN)c(C)n1. The van der Waals surface area contributed by atoms with E-state index in [0.29, 0.717) is 6.04 Å². The summed E-state index contributed by atoms with van der Waals surface area (Å²) in [6.45, 7) is 7.84. The van der Waals surface area contributed by atoms with Crippen molar-refractivity contribution in [2.45, 2.75) is 39.8 Å². The van der Waals surface area contributed by atoms with Crippen LogP contribution in [0.25, 0.3) is 0 Å². The predicted molar refractivity (Wildman–Crippen MR) is 63.7 cm³/mol. The van der Waals surface area contributed by atoms with Gasteiger partial charge >= 0.3 is 0 Å². The highest BCUT2D eigenvalue weighted by Crippen LogP contribution is 2.06. The first-order chi connectivity index (χ1) is 7.13. The van der Waals surface area contributed by atoms with E-state index in [1.54, 1.807) is 0 Å². The highest BCUT2D eigenvalue weighted by Gasteiger charge is 2.03. The molecule has 0 amide bonds. The Morgan fingerprint density at radius 2 is 2.13 bits per heavy atom. The van der Waals surface area contributed by atoms with Gasteiger partial charge in [-0.25, -0.2) is 0 Å². The van der Waals surface area contributed by atoms with E-state index in [0.717, 1.165) is 30.9 Å². The number of rotatable bonds is 5. The maximum atomic E-state index is 5.50. The van der Waals surface area contributed by atoms with E-state index in [2.05, 4.69) is 36.3 Å². The number of aryl methyl sites for hydroxylation is 2. The van der Waals surface area contributed by atoms with Crippen LogP contribution >= 0.6 is 0 Å². The molecular weight excluding hydrogens is 186 g/mol. The molecule has 1 rings (SSSR count). The lowest BCUT2D eigenvalue weighted by Crippen LogP contribution is -2.28. The van der Waals surface area contributed by atoms with Gasteiger partial charge in [-0.1, -0.05) is 6.07 Å². The van der Waals surface area contributed by atoms with Gasteiger partial charge in [0.1, 0.15) is 0 Å². The number of hydrogen-bond donors (Lipinski definition) is 2. The largest absolute Gasteiger partial charge is 0.330 e. The van der Waals surface area contributed by atoms with Gasteiger partial charge in [-0.05, 0) is 45.4 Å². The molecule has 0 spiro atoms. The maximum Gasteiger partial charge on any atom is 0.0420 e. The first-order valence-electron chi connectivity index (χ1n) is 5.50. The van der Waals surface area contributed by atoms with Gasteiger partial charge in [0.2, 0.25) is 0 Å². The molecule has 0 fully saturated rings. The Morgan fingerprint density at radius 1 is 1.40 bits per heavy atom. The van der Waals surface area contributed by atoms with Crippen LogP contribution < -0.4 is 11.1 Å². The average Bonchev–Trinajstić information content (AvgIpc) is 2.17. The minimum absolute atomic E-state index is 0.468. The van der Waals surface area contributed by atoms with Crippen LogP contribution in [0.15, 0.2) is 12.1 Å². The molecule has 1 unspecified atom stereocenters. The Balaban J connectivity index is 2.50. The van der Waals surface area contributed by atoms with Gasteiger partial charge in [-0.15, -0.1) is 0 Å². The second-order valence-corrected chi connectivity index (χ2v) is 4.06. The molecule has 0 radical (unpaired) electrons. The lowest BCUT2D eigenvalue weighted by Gasteiger charge is -2.13.